The third-order valence-electron chi connectivity index (χ3n) is 3.53. The predicted molar refractivity (Wildman–Crippen MR) is 101 cm³/mol. The molecule has 2 atom stereocenters. The highest BCUT2D eigenvalue weighted by atomic mass is 16.3. The van der Waals surface area contributed by atoms with E-state index in [9.17, 15) is 15.0 Å². The van der Waals surface area contributed by atoms with Crippen LogP contribution in [-0.2, 0) is 4.79 Å². The summed E-state index contributed by atoms with van der Waals surface area (Å²) in [6, 6.07) is 0. The molecule has 2 unspecified atom stereocenters. The smallest absolute Gasteiger partial charge is 0.129 e. The first-order valence-electron chi connectivity index (χ1n) is 8.93. The first kappa shape index (κ1) is 22.4. The SMILES string of the molecule is CCCCCC/C=C/C#C/C=C/C=C/C(O)C(O)CCCC(C)=O. The fourth-order valence-electron chi connectivity index (χ4n) is 2.07. The average molecular weight is 332 g/mol. The maximum Gasteiger partial charge on any atom is 0.129 e. The van der Waals surface area contributed by atoms with Gasteiger partial charge in [-0.25, -0.2) is 0 Å². The molecule has 0 fully saturated rings. The second-order valence-electron chi connectivity index (χ2n) is 5.94. The van der Waals surface area contributed by atoms with E-state index in [4.69, 9.17) is 0 Å². The van der Waals surface area contributed by atoms with Crippen LogP contribution in [0.4, 0.5) is 0 Å². The maximum absolute atomic E-state index is 10.8. The molecule has 134 valence electrons. The zero-order chi connectivity index (χ0) is 18.0. The molecule has 0 amide bonds. The Balaban J connectivity index is 3.88. The van der Waals surface area contributed by atoms with Crippen molar-refractivity contribution in [3.8, 4) is 11.8 Å². The van der Waals surface area contributed by atoms with Gasteiger partial charge in [0.05, 0.1) is 12.2 Å². The quantitative estimate of drug-likeness (QED) is 0.321. The van der Waals surface area contributed by atoms with Crippen molar-refractivity contribution in [2.45, 2.75) is 77.4 Å². The van der Waals surface area contributed by atoms with Crippen molar-refractivity contribution in [1.29, 1.82) is 0 Å². The molecule has 0 rings (SSSR count). The molecule has 0 aliphatic rings. The van der Waals surface area contributed by atoms with E-state index in [1.165, 1.54) is 38.7 Å². The van der Waals surface area contributed by atoms with Gasteiger partial charge in [0, 0.05) is 6.42 Å². The fraction of sp³-hybridized carbons (Fsp3) is 0.571. The molecular weight excluding hydrogens is 300 g/mol. The van der Waals surface area contributed by atoms with Crippen molar-refractivity contribution in [1.82, 2.24) is 0 Å². The number of hydrogen-bond acceptors (Lipinski definition) is 3. The summed E-state index contributed by atoms with van der Waals surface area (Å²) in [5.41, 5.74) is 0. The Morgan fingerprint density at radius 1 is 1.04 bits per heavy atom. The zero-order valence-electron chi connectivity index (χ0n) is 15.1. The largest absolute Gasteiger partial charge is 0.390 e. The van der Waals surface area contributed by atoms with Crippen LogP contribution in [0.1, 0.15) is 65.2 Å². The third-order valence-corrected chi connectivity index (χ3v) is 3.53. The van der Waals surface area contributed by atoms with Crippen molar-refractivity contribution in [2.24, 2.45) is 0 Å². The molecule has 0 saturated heterocycles. The van der Waals surface area contributed by atoms with Gasteiger partial charge in [-0.1, -0.05) is 62.3 Å². The van der Waals surface area contributed by atoms with E-state index in [2.05, 4.69) is 24.8 Å². The van der Waals surface area contributed by atoms with Crippen LogP contribution in [0.15, 0.2) is 36.5 Å². The Morgan fingerprint density at radius 2 is 1.79 bits per heavy atom. The number of rotatable bonds is 12. The molecule has 0 aromatic carbocycles. The van der Waals surface area contributed by atoms with Crippen LogP contribution < -0.4 is 0 Å². The molecule has 0 aliphatic heterocycles. The van der Waals surface area contributed by atoms with Crippen LogP contribution >= 0.6 is 0 Å². The molecule has 0 heterocycles. The van der Waals surface area contributed by atoms with E-state index >= 15 is 0 Å². The average Bonchev–Trinajstić information content (AvgIpc) is 2.55. The molecule has 0 radical (unpaired) electrons. The summed E-state index contributed by atoms with van der Waals surface area (Å²) < 4.78 is 0. The summed E-state index contributed by atoms with van der Waals surface area (Å²) >= 11 is 0. The van der Waals surface area contributed by atoms with Crippen LogP contribution in [0.2, 0.25) is 0 Å². The highest BCUT2D eigenvalue weighted by molar-refractivity contribution is 5.75. The first-order chi connectivity index (χ1) is 11.6. The summed E-state index contributed by atoms with van der Waals surface area (Å²) in [4.78, 5) is 10.8. The third kappa shape index (κ3) is 15.3. The van der Waals surface area contributed by atoms with Gasteiger partial charge in [0.25, 0.3) is 0 Å². The Hall–Kier alpha value is -1.63. The van der Waals surface area contributed by atoms with Crippen molar-refractivity contribution in [2.75, 3.05) is 0 Å². The predicted octanol–water partition coefficient (Wildman–Crippen LogP) is 4.11. The molecular formula is C21H32O3. The van der Waals surface area contributed by atoms with Gasteiger partial charge in [0.2, 0.25) is 0 Å². The summed E-state index contributed by atoms with van der Waals surface area (Å²) in [6.07, 6.45) is 16.4. The standard InChI is InChI=1S/C21H32O3/c1-3-4-5-6-7-8-9-10-11-12-13-14-17-20(23)21(24)18-15-16-19(2)22/h8-9,12-14,17,20-21,23-24H,3-7,15-16,18H2,1-2H3/b9-8+,13-12+,17-14+. The number of aliphatic hydroxyl groups excluding tert-OH is 2. The minimum atomic E-state index is -0.919. The van der Waals surface area contributed by atoms with Gasteiger partial charge in [-0.15, -0.1) is 0 Å². The summed E-state index contributed by atoms with van der Waals surface area (Å²) in [5.74, 6) is 5.92. The number of hydrogen-bond donors (Lipinski definition) is 2. The minimum absolute atomic E-state index is 0.101. The lowest BCUT2D eigenvalue weighted by molar-refractivity contribution is -0.117. The van der Waals surface area contributed by atoms with E-state index in [-0.39, 0.29) is 5.78 Å². The van der Waals surface area contributed by atoms with E-state index in [1.54, 1.807) is 18.2 Å². The summed E-state index contributed by atoms with van der Waals surface area (Å²) in [7, 11) is 0. The number of carbonyl (C=O) groups is 1. The second-order valence-corrected chi connectivity index (χ2v) is 5.94. The van der Waals surface area contributed by atoms with Gasteiger partial charge in [-0.05, 0) is 44.8 Å². The molecule has 3 heteroatoms. The molecule has 0 aliphatic carbocycles. The normalized spacial score (nSPS) is 14.2. The topological polar surface area (TPSA) is 57.5 Å². The molecule has 0 spiro atoms. The molecule has 2 N–H and O–H groups in total. The lowest BCUT2D eigenvalue weighted by atomic mass is 10.1. The number of ketones is 1. The summed E-state index contributed by atoms with van der Waals surface area (Å²) in [6.45, 7) is 3.73. The van der Waals surface area contributed by atoms with Crippen LogP contribution in [0.5, 0.6) is 0 Å². The zero-order valence-corrected chi connectivity index (χ0v) is 15.1. The van der Waals surface area contributed by atoms with E-state index < -0.39 is 12.2 Å². The Bertz CT molecular complexity index is 463. The van der Waals surface area contributed by atoms with Gasteiger partial charge >= 0.3 is 0 Å². The highest BCUT2D eigenvalue weighted by Gasteiger charge is 2.12. The summed E-state index contributed by atoms with van der Waals surface area (Å²) in [5, 5.41) is 19.5. The van der Waals surface area contributed by atoms with E-state index in [1.807, 2.05) is 6.08 Å². The van der Waals surface area contributed by atoms with Crippen molar-refractivity contribution in [3.63, 3.8) is 0 Å². The number of allylic oxidation sites excluding steroid dienone is 5. The van der Waals surface area contributed by atoms with Crippen LogP contribution in [0, 0.1) is 11.8 Å². The number of unbranched alkanes of at least 4 members (excludes halogenated alkanes) is 4. The molecule has 3 nitrogen and oxygen atoms in total. The second kappa shape index (κ2) is 16.2. The highest BCUT2D eigenvalue weighted by Crippen LogP contribution is 2.06. The van der Waals surface area contributed by atoms with Gasteiger partial charge in [0.15, 0.2) is 0 Å². The van der Waals surface area contributed by atoms with Crippen molar-refractivity contribution in [3.05, 3.63) is 36.5 Å². The van der Waals surface area contributed by atoms with E-state index in [0.29, 0.717) is 19.3 Å². The Kier molecular flexibility index (Phi) is 15.1. The fourth-order valence-corrected chi connectivity index (χ4v) is 2.07. The molecule has 0 saturated carbocycles. The molecule has 0 aromatic rings. The minimum Gasteiger partial charge on any atom is -0.390 e. The number of aliphatic hydroxyl groups is 2. The van der Waals surface area contributed by atoms with Crippen LogP contribution in [-0.4, -0.2) is 28.2 Å². The molecule has 0 bridgehead atoms. The maximum atomic E-state index is 10.8. The lowest BCUT2D eigenvalue weighted by Gasteiger charge is -2.13. The molecule has 24 heavy (non-hydrogen) atoms. The number of Topliss-reactive ketones (excluding diaryl/α,β-unsaturated/α-hetero) is 1. The monoisotopic (exact) mass is 332 g/mol. The van der Waals surface area contributed by atoms with Gasteiger partial charge < -0.3 is 15.0 Å². The Morgan fingerprint density at radius 3 is 2.50 bits per heavy atom. The first-order valence-corrected chi connectivity index (χ1v) is 8.93. The van der Waals surface area contributed by atoms with Gasteiger partial charge in [0.1, 0.15) is 5.78 Å². The van der Waals surface area contributed by atoms with E-state index in [0.717, 1.165) is 6.42 Å². The van der Waals surface area contributed by atoms with Gasteiger partial charge in [-0.2, -0.15) is 0 Å². The van der Waals surface area contributed by atoms with Crippen LogP contribution in [0.25, 0.3) is 0 Å². The van der Waals surface area contributed by atoms with Crippen molar-refractivity contribution >= 4 is 5.78 Å². The Labute approximate surface area is 147 Å². The number of carbonyl (C=O) groups excluding carboxylic acids is 1. The van der Waals surface area contributed by atoms with Gasteiger partial charge in [-0.3, -0.25) is 0 Å². The van der Waals surface area contributed by atoms with Crippen LogP contribution in [0.3, 0.4) is 0 Å². The molecule has 0 aromatic heterocycles. The lowest BCUT2D eigenvalue weighted by Crippen LogP contribution is -2.23. The van der Waals surface area contributed by atoms with Crippen molar-refractivity contribution < 1.29 is 15.0 Å².